The van der Waals surface area contributed by atoms with Gasteiger partial charge in [0.25, 0.3) is 0 Å². The van der Waals surface area contributed by atoms with Crippen molar-refractivity contribution < 1.29 is 19.2 Å². The second-order valence-electron chi connectivity index (χ2n) is 7.19. The summed E-state index contributed by atoms with van der Waals surface area (Å²) in [6.45, 7) is 4.68. The fourth-order valence-electron chi connectivity index (χ4n) is 3.12. The maximum atomic E-state index is 12.7. The van der Waals surface area contributed by atoms with Crippen LogP contribution in [0, 0.1) is 17.8 Å². The van der Waals surface area contributed by atoms with Gasteiger partial charge in [-0.3, -0.25) is 19.2 Å². The first kappa shape index (κ1) is 20.1. The second kappa shape index (κ2) is 8.93. The summed E-state index contributed by atoms with van der Waals surface area (Å²) in [6.07, 6.45) is 3.39. The minimum absolute atomic E-state index is 0.000499. The van der Waals surface area contributed by atoms with Gasteiger partial charge in [-0.05, 0) is 19.5 Å². The van der Waals surface area contributed by atoms with E-state index in [1.165, 1.54) is 11.0 Å². The molecule has 2 aliphatic rings. The van der Waals surface area contributed by atoms with Crippen molar-refractivity contribution in [1.29, 1.82) is 0 Å². The quantitative estimate of drug-likeness (QED) is 0.534. The number of hydrogen-bond acceptors (Lipinski definition) is 5. The molecule has 26 heavy (non-hydrogen) atoms. The van der Waals surface area contributed by atoms with Gasteiger partial charge in [0.2, 0.25) is 17.7 Å². The third-order valence-corrected chi connectivity index (χ3v) is 4.84. The van der Waals surface area contributed by atoms with Crippen LogP contribution in [0.2, 0.25) is 0 Å². The minimum Gasteiger partial charge on any atom is -0.335 e. The summed E-state index contributed by atoms with van der Waals surface area (Å²) in [7, 11) is 1.78. The number of nitrogens with zero attached hydrogens (tertiary/aromatic N) is 1. The Morgan fingerprint density at radius 2 is 2.04 bits per heavy atom. The van der Waals surface area contributed by atoms with Crippen LogP contribution in [0.3, 0.4) is 0 Å². The van der Waals surface area contributed by atoms with Crippen molar-refractivity contribution in [2.45, 2.75) is 32.9 Å². The molecule has 0 aromatic heterocycles. The Hall–Kier alpha value is -2.22. The Kier molecular flexibility index (Phi) is 6.90. The van der Waals surface area contributed by atoms with Gasteiger partial charge in [0.05, 0.1) is 6.54 Å². The molecule has 3 amide bonds. The highest BCUT2D eigenvalue weighted by molar-refractivity contribution is 5.92. The molecule has 2 rings (SSSR count). The van der Waals surface area contributed by atoms with Crippen LogP contribution in [0.15, 0.2) is 12.2 Å². The molecule has 0 aliphatic carbocycles. The lowest BCUT2D eigenvalue weighted by atomic mass is 9.83. The zero-order chi connectivity index (χ0) is 19.3. The summed E-state index contributed by atoms with van der Waals surface area (Å²) in [5.41, 5.74) is 0. The Balaban J connectivity index is 2.00. The maximum Gasteiger partial charge on any atom is 0.245 e. The number of ketones is 1. The minimum atomic E-state index is -0.463. The molecule has 0 radical (unpaired) electrons. The van der Waals surface area contributed by atoms with E-state index in [9.17, 15) is 19.2 Å². The number of carbonyl (C=O) groups is 4. The lowest BCUT2D eigenvalue weighted by molar-refractivity contribution is -0.141. The number of piperidine rings is 1. The number of rotatable bonds is 8. The van der Waals surface area contributed by atoms with E-state index < -0.39 is 12.1 Å². The number of likely N-dealkylation sites (N-methyl/N-ethyl adjacent to an activating group) is 1. The first-order valence-electron chi connectivity index (χ1n) is 9.06. The van der Waals surface area contributed by atoms with Crippen LogP contribution in [0.25, 0.3) is 0 Å². The van der Waals surface area contributed by atoms with Crippen molar-refractivity contribution in [3.8, 4) is 0 Å². The Labute approximate surface area is 153 Å². The van der Waals surface area contributed by atoms with Crippen molar-refractivity contribution in [2.24, 2.45) is 17.8 Å². The van der Waals surface area contributed by atoms with Crippen LogP contribution in [0.4, 0.5) is 0 Å². The smallest absolute Gasteiger partial charge is 0.245 e. The van der Waals surface area contributed by atoms with E-state index in [4.69, 9.17) is 0 Å². The first-order valence-corrected chi connectivity index (χ1v) is 9.06. The van der Waals surface area contributed by atoms with Crippen LogP contribution in [-0.2, 0) is 19.2 Å². The average molecular weight is 364 g/mol. The molecule has 144 valence electrons. The molecule has 2 heterocycles. The summed E-state index contributed by atoms with van der Waals surface area (Å²) in [5.74, 6) is -1.29. The van der Waals surface area contributed by atoms with Crippen LogP contribution in [-0.4, -0.2) is 61.3 Å². The van der Waals surface area contributed by atoms with E-state index in [1.807, 2.05) is 13.8 Å². The predicted octanol–water partition coefficient (Wildman–Crippen LogP) is -0.586. The summed E-state index contributed by atoms with van der Waals surface area (Å²) < 4.78 is 0. The normalized spacial score (nSPS) is 24.7. The molecule has 1 saturated heterocycles. The molecule has 0 aromatic rings. The summed E-state index contributed by atoms with van der Waals surface area (Å²) >= 11 is 0. The summed E-state index contributed by atoms with van der Waals surface area (Å²) in [6, 6.07) is 0. The molecule has 3 N–H and O–H groups in total. The molecule has 0 saturated carbocycles. The SMILES string of the molecule is CNCCN(CC(=O)C(C)C)C(=O)CC1CC2C=CC(=O)NC2NC1=O. The van der Waals surface area contributed by atoms with Gasteiger partial charge in [-0.1, -0.05) is 19.9 Å². The molecule has 8 nitrogen and oxygen atoms in total. The molecular weight excluding hydrogens is 336 g/mol. The number of hydrogen-bond donors (Lipinski definition) is 3. The largest absolute Gasteiger partial charge is 0.335 e. The highest BCUT2D eigenvalue weighted by atomic mass is 16.2. The van der Waals surface area contributed by atoms with Crippen molar-refractivity contribution in [2.75, 3.05) is 26.7 Å². The van der Waals surface area contributed by atoms with Gasteiger partial charge in [-0.15, -0.1) is 0 Å². The lowest BCUT2D eigenvalue weighted by Gasteiger charge is -2.37. The molecule has 0 spiro atoms. The Bertz CT molecular complexity index is 602. The van der Waals surface area contributed by atoms with Gasteiger partial charge in [0.1, 0.15) is 6.17 Å². The fraction of sp³-hybridized carbons (Fsp3) is 0.667. The van der Waals surface area contributed by atoms with Gasteiger partial charge in [-0.25, -0.2) is 0 Å². The van der Waals surface area contributed by atoms with Crippen molar-refractivity contribution >= 4 is 23.5 Å². The predicted molar refractivity (Wildman–Crippen MR) is 95.8 cm³/mol. The molecular formula is C18H28N4O4. The highest BCUT2D eigenvalue weighted by Gasteiger charge is 2.38. The van der Waals surface area contributed by atoms with Crippen LogP contribution in [0.5, 0.6) is 0 Å². The molecule has 0 aromatic carbocycles. The molecule has 0 bridgehead atoms. The summed E-state index contributed by atoms with van der Waals surface area (Å²) in [5, 5.41) is 8.45. The van der Waals surface area contributed by atoms with Crippen LogP contribution < -0.4 is 16.0 Å². The van der Waals surface area contributed by atoms with E-state index in [-0.39, 0.29) is 48.3 Å². The number of amides is 3. The van der Waals surface area contributed by atoms with E-state index >= 15 is 0 Å². The van der Waals surface area contributed by atoms with Crippen LogP contribution in [0.1, 0.15) is 26.7 Å². The van der Waals surface area contributed by atoms with Gasteiger partial charge >= 0.3 is 0 Å². The first-order chi connectivity index (χ1) is 12.3. The fourth-order valence-corrected chi connectivity index (χ4v) is 3.12. The number of Topliss-reactive ketones (excluding diaryl/α,β-unsaturated/α-hetero) is 1. The highest BCUT2D eigenvalue weighted by Crippen LogP contribution is 2.27. The second-order valence-corrected chi connectivity index (χ2v) is 7.19. The molecule has 2 aliphatic heterocycles. The van der Waals surface area contributed by atoms with Crippen molar-refractivity contribution in [1.82, 2.24) is 20.9 Å². The number of fused-ring (bicyclic) bond motifs is 1. The van der Waals surface area contributed by atoms with E-state index in [0.717, 1.165) is 0 Å². The standard InChI is InChI=1S/C18H28N4O4/c1-11(2)14(23)10-22(7-6-19-3)16(25)9-13-8-12-4-5-15(24)20-17(12)21-18(13)26/h4-5,11-13,17,19H,6-10H2,1-3H3,(H,20,24)(H,21,26). The van der Waals surface area contributed by atoms with Gasteiger partial charge in [0.15, 0.2) is 5.78 Å². The zero-order valence-electron chi connectivity index (χ0n) is 15.6. The maximum absolute atomic E-state index is 12.7. The molecule has 1 fully saturated rings. The van der Waals surface area contributed by atoms with Crippen molar-refractivity contribution in [3.63, 3.8) is 0 Å². The summed E-state index contributed by atoms with van der Waals surface area (Å²) in [4.78, 5) is 50.0. The number of nitrogens with one attached hydrogen (secondary N) is 3. The van der Waals surface area contributed by atoms with Crippen molar-refractivity contribution in [3.05, 3.63) is 12.2 Å². The van der Waals surface area contributed by atoms with Gasteiger partial charge < -0.3 is 20.9 Å². The van der Waals surface area contributed by atoms with Gasteiger partial charge in [0, 0.05) is 37.3 Å². The zero-order valence-corrected chi connectivity index (χ0v) is 15.6. The average Bonchev–Trinajstić information content (AvgIpc) is 2.58. The Morgan fingerprint density at radius 1 is 1.31 bits per heavy atom. The van der Waals surface area contributed by atoms with Gasteiger partial charge in [-0.2, -0.15) is 0 Å². The van der Waals surface area contributed by atoms with E-state index in [0.29, 0.717) is 19.5 Å². The molecule has 3 atom stereocenters. The molecule has 8 heteroatoms. The lowest BCUT2D eigenvalue weighted by Crippen LogP contribution is -2.59. The Morgan fingerprint density at radius 3 is 2.69 bits per heavy atom. The molecule has 3 unspecified atom stereocenters. The monoisotopic (exact) mass is 364 g/mol. The topological polar surface area (TPSA) is 108 Å². The van der Waals surface area contributed by atoms with E-state index in [2.05, 4.69) is 16.0 Å². The van der Waals surface area contributed by atoms with Crippen LogP contribution >= 0.6 is 0 Å². The van der Waals surface area contributed by atoms with E-state index in [1.54, 1.807) is 13.1 Å². The third-order valence-electron chi connectivity index (χ3n) is 4.84. The third kappa shape index (κ3) is 5.14. The number of carbonyl (C=O) groups excluding carboxylic acids is 4.